The van der Waals surface area contributed by atoms with Crippen molar-refractivity contribution in [2.45, 2.75) is 0 Å². The Bertz CT molecular complexity index is 208. The molecule has 40 valence electrons. The summed E-state index contributed by atoms with van der Waals surface area (Å²) in [6.45, 7) is 0. The van der Waals surface area contributed by atoms with Crippen LogP contribution < -0.4 is 0 Å². The van der Waals surface area contributed by atoms with E-state index in [1.807, 2.05) is 0 Å². The van der Waals surface area contributed by atoms with E-state index in [4.69, 9.17) is 0 Å². The van der Waals surface area contributed by atoms with Gasteiger partial charge in [-0.2, -0.15) is 4.39 Å². The van der Waals surface area contributed by atoms with Crippen LogP contribution in [0.2, 0.25) is 0 Å². The van der Waals surface area contributed by atoms with E-state index in [1.165, 1.54) is 11.7 Å². The van der Waals surface area contributed by atoms with Crippen LogP contribution in [-0.2, 0) is 4.79 Å². The quantitative estimate of drug-likeness (QED) is 0.258. The monoisotopic (exact) mass is 114 g/mol. The molecule has 0 saturated heterocycles. The van der Waals surface area contributed by atoms with Gasteiger partial charge in [0, 0.05) is 11.7 Å². The highest BCUT2D eigenvalue weighted by molar-refractivity contribution is 5.46. The summed E-state index contributed by atoms with van der Waals surface area (Å²) in [4.78, 5) is 9.20. The molecule has 0 aliphatic carbocycles. The second-order valence-corrected chi connectivity index (χ2v) is 0.761. The van der Waals surface area contributed by atoms with Gasteiger partial charge >= 0.3 is 0 Å². The molecule has 0 aromatic heterocycles. The maximum absolute atomic E-state index is 11.5. The highest BCUT2D eigenvalue weighted by Crippen LogP contribution is 1.85. The van der Waals surface area contributed by atoms with E-state index in [0.717, 1.165) is 12.1 Å². The van der Waals surface area contributed by atoms with E-state index in [2.05, 4.69) is 0 Å². The summed E-state index contributed by atoms with van der Waals surface area (Å²) < 4.78 is 22.3. The predicted octanol–water partition coefficient (Wildman–Crippen LogP) is 0.757. The van der Waals surface area contributed by atoms with Crippen molar-refractivity contribution in [1.82, 2.24) is 0 Å². The number of rotatable bonds is 0. The molecule has 0 aliphatic heterocycles. The van der Waals surface area contributed by atoms with Gasteiger partial charge in [0.2, 0.25) is 5.83 Å². The van der Waals surface area contributed by atoms with Crippen LogP contribution in [0.5, 0.6) is 0 Å². The second-order valence-electron chi connectivity index (χ2n) is 0.761. The lowest BCUT2D eigenvalue weighted by Crippen LogP contribution is -1.56. The Hall–Kier alpha value is -1.35. The van der Waals surface area contributed by atoms with Crippen molar-refractivity contribution in [3.63, 3.8) is 0 Å². The maximum atomic E-state index is 11.5. The van der Waals surface area contributed by atoms with Crippen LogP contribution in [0.3, 0.4) is 0 Å². The van der Waals surface area contributed by atoms with Crippen molar-refractivity contribution in [3.8, 4) is 12.1 Å². The molecular weight excluding hydrogens is 114 g/mol. The van der Waals surface area contributed by atoms with Gasteiger partial charge < -0.3 is 0 Å². The molecule has 0 spiro atoms. The number of hydrogen-bond donors (Lipinski definition) is 0. The largest absolute Gasteiger partial charge is 0.229 e. The number of allylic oxidation sites excluding steroid dienone is 1. The zero-order valence-electron chi connectivity index (χ0n) is 3.66. The minimum atomic E-state index is -1.25. The molecule has 0 radical (unpaired) electrons. The number of carbonyl (C=O) groups excluding carboxylic acids is 1. The van der Waals surface area contributed by atoms with Gasteiger partial charge in [0.15, 0.2) is 5.94 Å². The maximum Gasteiger partial charge on any atom is 0.229 e. The molecule has 0 unspecified atom stereocenters. The fraction of sp³-hybridized carbons (Fsp3) is 0. The van der Waals surface area contributed by atoms with Crippen molar-refractivity contribution >= 4 is 5.94 Å². The summed E-state index contributed by atoms with van der Waals surface area (Å²) in [6.07, 6.45) is 0.749. The fourth-order valence-corrected chi connectivity index (χ4v) is 0.118. The van der Waals surface area contributed by atoms with E-state index in [0.29, 0.717) is 0 Å². The molecular formula is C5F2O. The Kier molecular flexibility index (Phi) is 3.18. The highest BCUT2D eigenvalue weighted by atomic mass is 19.1. The van der Waals surface area contributed by atoms with Gasteiger partial charge in [-0.05, 0) is 0 Å². The van der Waals surface area contributed by atoms with Crippen LogP contribution in [0.15, 0.2) is 11.6 Å². The van der Waals surface area contributed by atoms with E-state index in [-0.39, 0.29) is 0 Å². The first-order valence-electron chi connectivity index (χ1n) is 1.58. The van der Waals surface area contributed by atoms with Crippen LogP contribution in [0.4, 0.5) is 8.78 Å². The summed E-state index contributed by atoms with van der Waals surface area (Å²) >= 11 is 0. The van der Waals surface area contributed by atoms with Gasteiger partial charge in [0.1, 0.15) is 6.17 Å². The third kappa shape index (κ3) is 2.87. The zero-order chi connectivity index (χ0) is 6.41. The van der Waals surface area contributed by atoms with E-state index < -0.39 is 5.83 Å². The molecule has 0 amide bonds. The van der Waals surface area contributed by atoms with Crippen molar-refractivity contribution in [3.05, 3.63) is 11.6 Å². The Labute approximate surface area is 44.3 Å². The molecule has 0 aliphatic rings. The van der Waals surface area contributed by atoms with Crippen LogP contribution in [-0.4, -0.2) is 5.94 Å². The Morgan fingerprint density at radius 2 is 2.12 bits per heavy atom. The van der Waals surface area contributed by atoms with Crippen molar-refractivity contribution < 1.29 is 13.6 Å². The van der Waals surface area contributed by atoms with Gasteiger partial charge in [-0.25, -0.2) is 4.79 Å². The molecule has 0 saturated carbocycles. The van der Waals surface area contributed by atoms with Crippen LogP contribution in [0.1, 0.15) is 0 Å². The molecule has 0 fully saturated rings. The lowest BCUT2D eigenvalue weighted by atomic mass is 10.6. The Balaban J connectivity index is 4.40. The topological polar surface area (TPSA) is 17.1 Å². The van der Waals surface area contributed by atoms with Gasteiger partial charge in [0.05, 0.1) is 0 Å². The standard InChI is InChI=1S/C5F2O/c6-3-1-5(7)2-4-8. The average Bonchev–Trinajstić information content (AvgIpc) is 1.68. The number of halogens is 2. The molecule has 0 heterocycles. The second kappa shape index (κ2) is 3.83. The molecule has 0 atom stereocenters. The van der Waals surface area contributed by atoms with Crippen LogP contribution in [0.25, 0.3) is 0 Å². The highest BCUT2D eigenvalue weighted by Gasteiger charge is 1.78. The van der Waals surface area contributed by atoms with Gasteiger partial charge in [-0.15, -0.1) is 4.39 Å². The summed E-state index contributed by atoms with van der Waals surface area (Å²) in [5, 5.41) is 0. The normalized spacial score (nSPS) is 5.25. The molecule has 8 heavy (non-hydrogen) atoms. The fourth-order valence-electron chi connectivity index (χ4n) is 0.118. The van der Waals surface area contributed by atoms with Crippen LogP contribution >= 0.6 is 0 Å². The molecule has 3 heteroatoms. The van der Waals surface area contributed by atoms with E-state index in [1.54, 1.807) is 0 Å². The number of hydrogen-bond acceptors (Lipinski definition) is 1. The van der Waals surface area contributed by atoms with Gasteiger partial charge in [-0.3, -0.25) is 0 Å². The smallest absolute Gasteiger partial charge is 0.224 e. The lowest BCUT2D eigenvalue weighted by molar-refractivity contribution is 0.568. The first-order valence-corrected chi connectivity index (χ1v) is 1.58. The van der Waals surface area contributed by atoms with Crippen molar-refractivity contribution in [2.24, 2.45) is 0 Å². The minimum absolute atomic E-state index is 0.749. The van der Waals surface area contributed by atoms with Gasteiger partial charge in [0.25, 0.3) is 0 Å². The first-order chi connectivity index (χ1) is 3.81. The summed E-state index contributed by atoms with van der Waals surface area (Å²) in [6, 6.07) is 0. The van der Waals surface area contributed by atoms with E-state index in [9.17, 15) is 13.6 Å². The molecule has 0 aromatic carbocycles. The SMILES string of the molecule is O=C=C=C(F)C#CF. The Morgan fingerprint density at radius 3 is 2.50 bits per heavy atom. The van der Waals surface area contributed by atoms with E-state index >= 15 is 0 Å². The molecule has 1 nitrogen and oxygen atoms in total. The lowest BCUT2D eigenvalue weighted by Gasteiger charge is -1.62. The molecule has 0 bridgehead atoms. The summed E-state index contributed by atoms with van der Waals surface area (Å²) in [5.74, 6) is 1.03. The Morgan fingerprint density at radius 1 is 1.50 bits per heavy atom. The van der Waals surface area contributed by atoms with Crippen molar-refractivity contribution in [2.75, 3.05) is 0 Å². The summed E-state index contributed by atoms with van der Waals surface area (Å²) in [5.41, 5.74) is 1.38. The third-order valence-electron chi connectivity index (χ3n) is 0.318. The minimum Gasteiger partial charge on any atom is -0.224 e. The average molecular weight is 114 g/mol. The molecule has 0 rings (SSSR count). The first kappa shape index (κ1) is 6.65. The predicted molar refractivity (Wildman–Crippen MR) is 22.7 cm³/mol. The molecule has 0 N–H and O–H groups in total. The third-order valence-corrected chi connectivity index (χ3v) is 0.318. The van der Waals surface area contributed by atoms with Crippen molar-refractivity contribution in [1.29, 1.82) is 0 Å². The van der Waals surface area contributed by atoms with Gasteiger partial charge in [-0.1, -0.05) is 0 Å². The van der Waals surface area contributed by atoms with Crippen LogP contribution in [0, 0.1) is 12.1 Å². The zero-order valence-corrected chi connectivity index (χ0v) is 3.66. The molecule has 0 aromatic rings. The summed E-state index contributed by atoms with van der Waals surface area (Å²) in [7, 11) is 0.